The first-order valence-electron chi connectivity index (χ1n) is 10.1. The summed E-state index contributed by atoms with van der Waals surface area (Å²) in [7, 11) is 0. The van der Waals surface area contributed by atoms with Gasteiger partial charge in [-0.15, -0.1) is 0 Å². The van der Waals surface area contributed by atoms with Gasteiger partial charge in [-0.3, -0.25) is 9.59 Å². The number of allylic oxidation sites excluding steroid dienone is 1. The lowest BCUT2D eigenvalue weighted by Gasteiger charge is -2.51. The van der Waals surface area contributed by atoms with Gasteiger partial charge in [-0.2, -0.15) is 0 Å². The van der Waals surface area contributed by atoms with Gasteiger partial charge in [0.15, 0.2) is 5.78 Å². The average Bonchev–Trinajstić information content (AvgIpc) is 3.01. The third kappa shape index (κ3) is 2.09. The van der Waals surface area contributed by atoms with Gasteiger partial charge in [-0.25, -0.2) is 0 Å². The summed E-state index contributed by atoms with van der Waals surface area (Å²) < 4.78 is 5.73. The maximum absolute atomic E-state index is 12.8. The predicted octanol–water partition coefficient (Wildman–Crippen LogP) is 1.39. The molecule has 4 aliphatic rings. The molecule has 8 unspecified atom stereocenters. The van der Waals surface area contributed by atoms with E-state index in [-0.39, 0.29) is 18.3 Å². The zero-order chi connectivity index (χ0) is 20.8. The predicted molar refractivity (Wildman–Crippen MR) is 101 cm³/mol. The third-order valence-corrected chi connectivity index (χ3v) is 8.23. The molecule has 4 rings (SSSR count). The van der Waals surface area contributed by atoms with E-state index in [9.17, 15) is 24.9 Å². The lowest BCUT2D eigenvalue weighted by Crippen LogP contribution is -2.62. The van der Waals surface area contributed by atoms with E-state index in [0.717, 1.165) is 5.57 Å². The highest BCUT2D eigenvalue weighted by Crippen LogP contribution is 2.76. The van der Waals surface area contributed by atoms with Gasteiger partial charge in [0, 0.05) is 41.9 Å². The summed E-state index contributed by atoms with van der Waals surface area (Å²) in [5, 5.41) is 33.3. The lowest BCUT2D eigenvalue weighted by atomic mass is 9.60. The van der Waals surface area contributed by atoms with Crippen LogP contribution >= 0.6 is 0 Å². The van der Waals surface area contributed by atoms with Gasteiger partial charge in [-0.1, -0.05) is 32.9 Å². The van der Waals surface area contributed by atoms with Crippen LogP contribution in [0.1, 0.15) is 41.0 Å². The first-order chi connectivity index (χ1) is 12.9. The molecule has 8 atom stereocenters. The van der Waals surface area contributed by atoms with E-state index in [1.165, 1.54) is 6.92 Å². The van der Waals surface area contributed by atoms with Crippen molar-refractivity contribution in [1.29, 1.82) is 0 Å². The van der Waals surface area contributed by atoms with Gasteiger partial charge >= 0.3 is 5.97 Å². The first kappa shape index (κ1) is 19.8. The van der Waals surface area contributed by atoms with Crippen LogP contribution in [0, 0.1) is 35.0 Å². The fraction of sp³-hybridized carbons (Fsp3) is 0.727. The zero-order valence-electron chi connectivity index (χ0n) is 17.1. The molecular formula is C22H30O6. The molecule has 2 saturated carbocycles. The van der Waals surface area contributed by atoms with Crippen molar-refractivity contribution in [2.24, 2.45) is 35.0 Å². The smallest absolute Gasteiger partial charge is 0.303 e. The molecule has 0 amide bonds. The minimum Gasteiger partial charge on any atom is -0.456 e. The summed E-state index contributed by atoms with van der Waals surface area (Å²) in [5.74, 6) is -2.71. The molecule has 0 bridgehead atoms. The molecule has 3 N–H and O–H groups in total. The number of rotatable bonds is 2. The van der Waals surface area contributed by atoms with Crippen molar-refractivity contribution in [2.45, 2.75) is 58.3 Å². The second-order valence-corrected chi connectivity index (χ2v) is 9.77. The molecule has 6 nitrogen and oxygen atoms in total. The van der Waals surface area contributed by atoms with Crippen LogP contribution in [0.25, 0.3) is 0 Å². The van der Waals surface area contributed by atoms with Crippen LogP contribution in [0.3, 0.4) is 0 Å². The number of hydrogen-bond donors (Lipinski definition) is 3. The van der Waals surface area contributed by atoms with Crippen LogP contribution in [0.2, 0.25) is 0 Å². The fourth-order valence-corrected chi connectivity index (χ4v) is 6.84. The largest absolute Gasteiger partial charge is 0.456 e. The highest BCUT2D eigenvalue weighted by Gasteiger charge is 2.86. The molecule has 0 saturated heterocycles. The van der Waals surface area contributed by atoms with E-state index in [2.05, 4.69) is 0 Å². The number of esters is 1. The normalized spacial score (nSPS) is 48.5. The number of Topliss-reactive ketones (excluding diaryl/α,β-unsaturated/α-hetero) is 1. The molecule has 6 heteroatoms. The Morgan fingerprint density at radius 2 is 1.93 bits per heavy atom. The van der Waals surface area contributed by atoms with Gasteiger partial charge < -0.3 is 20.1 Å². The average molecular weight is 390 g/mol. The number of carbonyl (C=O) groups is 2. The van der Waals surface area contributed by atoms with E-state index in [4.69, 9.17) is 4.74 Å². The molecule has 0 aliphatic heterocycles. The fourth-order valence-electron chi connectivity index (χ4n) is 6.84. The van der Waals surface area contributed by atoms with E-state index >= 15 is 0 Å². The molecule has 0 heterocycles. The summed E-state index contributed by atoms with van der Waals surface area (Å²) in [4.78, 5) is 24.6. The Balaban J connectivity index is 1.90. The molecule has 4 aliphatic carbocycles. The quantitative estimate of drug-likeness (QED) is 0.486. The monoisotopic (exact) mass is 390 g/mol. The van der Waals surface area contributed by atoms with E-state index in [0.29, 0.717) is 12.0 Å². The molecule has 2 fully saturated rings. The molecular weight excluding hydrogens is 360 g/mol. The number of hydrogen-bond acceptors (Lipinski definition) is 6. The van der Waals surface area contributed by atoms with E-state index in [1.54, 1.807) is 13.8 Å². The number of fused-ring (bicyclic) bond motifs is 5. The molecule has 0 aromatic rings. The van der Waals surface area contributed by atoms with E-state index in [1.807, 2.05) is 26.0 Å². The number of aliphatic hydroxyl groups excluding tert-OH is 2. The lowest BCUT2D eigenvalue weighted by molar-refractivity contribution is -0.207. The van der Waals surface area contributed by atoms with Gasteiger partial charge in [0.25, 0.3) is 0 Å². The van der Waals surface area contributed by atoms with E-state index < -0.39 is 52.4 Å². The first-order valence-corrected chi connectivity index (χ1v) is 10.1. The van der Waals surface area contributed by atoms with Crippen LogP contribution in [0.15, 0.2) is 23.3 Å². The second-order valence-electron chi connectivity index (χ2n) is 9.77. The molecule has 0 radical (unpaired) electrons. The zero-order valence-corrected chi connectivity index (χ0v) is 17.1. The van der Waals surface area contributed by atoms with Crippen LogP contribution in [-0.4, -0.2) is 51.0 Å². The van der Waals surface area contributed by atoms with Crippen molar-refractivity contribution in [3.8, 4) is 0 Å². The van der Waals surface area contributed by atoms with Crippen molar-refractivity contribution < 1.29 is 29.6 Å². The standard InChI is InChI=1S/C22H30O6/c1-10-6-15-14(17(10)25)7-13(9-23)8-16-18-20(4,5)22(18,28-12(3)24)19(26)11(2)21(15,16)27/h6,8,11,14-16,18-19,23,26-27H,7,9H2,1-5H3. The molecule has 0 aromatic carbocycles. The Morgan fingerprint density at radius 3 is 2.50 bits per heavy atom. The van der Waals surface area contributed by atoms with Crippen LogP contribution in [0.5, 0.6) is 0 Å². The van der Waals surface area contributed by atoms with Crippen molar-refractivity contribution in [1.82, 2.24) is 0 Å². The summed E-state index contributed by atoms with van der Waals surface area (Å²) >= 11 is 0. The molecule has 28 heavy (non-hydrogen) atoms. The van der Waals surface area contributed by atoms with Gasteiger partial charge in [0.05, 0.1) is 18.3 Å². The maximum Gasteiger partial charge on any atom is 0.303 e. The van der Waals surface area contributed by atoms with Gasteiger partial charge in [0.1, 0.15) is 5.60 Å². The topological polar surface area (TPSA) is 104 Å². The molecule has 154 valence electrons. The number of ether oxygens (including phenoxy) is 1. The van der Waals surface area contributed by atoms with Crippen LogP contribution < -0.4 is 0 Å². The minimum atomic E-state index is -1.36. The van der Waals surface area contributed by atoms with Crippen molar-refractivity contribution in [3.63, 3.8) is 0 Å². The number of aliphatic hydroxyl groups is 3. The Kier molecular flexibility index (Phi) is 4.08. The van der Waals surface area contributed by atoms with Gasteiger partial charge in [-0.05, 0) is 24.5 Å². The Bertz CT molecular complexity index is 810. The third-order valence-electron chi connectivity index (χ3n) is 8.23. The summed E-state index contributed by atoms with van der Waals surface area (Å²) in [6, 6.07) is 0. The Hall–Kier alpha value is -1.50. The second kappa shape index (κ2) is 5.77. The van der Waals surface area contributed by atoms with Crippen molar-refractivity contribution >= 4 is 11.8 Å². The van der Waals surface area contributed by atoms with Crippen molar-refractivity contribution in [2.75, 3.05) is 6.61 Å². The highest BCUT2D eigenvalue weighted by molar-refractivity contribution is 5.99. The van der Waals surface area contributed by atoms with Gasteiger partial charge in [0.2, 0.25) is 0 Å². The SMILES string of the molecule is CC(=O)OC12C(O)C(C)C3(O)C4C=C(C)C(=O)C4CC(CO)=CC3C1C2(C)C. The van der Waals surface area contributed by atoms with Crippen molar-refractivity contribution in [3.05, 3.63) is 23.3 Å². The Labute approximate surface area is 165 Å². The summed E-state index contributed by atoms with van der Waals surface area (Å²) in [5.41, 5.74) is -1.64. The Morgan fingerprint density at radius 1 is 1.29 bits per heavy atom. The molecule has 0 aromatic heterocycles. The molecule has 0 spiro atoms. The minimum absolute atomic E-state index is 0.00741. The number of ketones is 1. The highest BCUT2D eigenvalue weighted by atomic mass is 16.6. The summed E-state index contributed by atoms with van der Waals surface area (Å²) in [6.45, 7) is 8.56. The van der Waals surface area contributed by atoms with Crippen LogP contribution in [0.4, 0.5) is 0 Å². The number of carbonyl (C=O) groups excluding carboxylic acids is 2. The maximum atomic E-state index is 12.8. The van der Waals surface area contributed by atoms with Crippen LogP contribution in [-0.2, 0) is 14.3 Å². The summed E-state index contributed by atoms with van der Waals surface area (Å²) in [6.07, 6.45) is 3.07.